The second-order valence-electron chi connectivity index (χ2n) is 5.83. The molecular weight excluding hydrogens is 336 g/mol. The Hall–Kier alpha value is -2.87. The summed E-state index contributed by atoms with van der Waals surface area (Å²) in [6.45, 7) is 1.47. The molecule has 0 bridgehead atoms. The van der Waals surface area contributed by atoms with E-state index in [0.717, 1.165) is 19.4 Å². The molecule has 26 heavy (non-hydrogen) atoms. The summed E-state index contributed by atoms with van der Waals surface area (Å²) in [5.41, 5.74) is 0.893. The highest BCUT2D eigenvalue weighted by molar-refractivity contribution is 6.04. The summed E-state index contributed by atoms with van der Waals surface area (Å²) in [6.07, 6.45) is 5.29. The number of rotatable bonds is 7. The minimum atomic E-state index is -0.320. The van der Waals surface area contributed by atoms with Crippen LogP contribution in [0.2, 0.25) is 0 Å². The van der Waals surface area contributed by atoms with Gasteiger partial charge in [0.2, 0.25) is 5.95 Å². The lowest BCUT2D eigenvalue weighted by Gasteiger charge is -2.12. The van der Waals surface area contributed by atoms with Crippen LogP contribution in [0.5, 0.6) is 11.5 Å². The van der Waals surface area contributed by atoms with Gasteiger partial charge in [-0.2, -0.15) is 0 Å². The normalized spacial score (nSPS) is 16.2. The van der Waals surface area contributed by atoms with Gasteiger partial charge in [0.05, 0.1) is 31.6 Å². The summed E-state index contributed by atoms with van der Waals surface area (Å²) in [5, 5.41) is 5.91. The van der Waals surface area contributed by atoms with E-state index in [1.165, 1.54) is 19.5 Å². The summed E-state index contributed by atoms with van der Waals surface area (Å²) in [6, 6.07) is 5.16. The maximum atomic E-state index is 12.4. The van der Waals surface area contributed by atoms with E-state index in [1.54, 1.807) is 25.3 Å². The molecule has 1 aromatic carbocycles. The van der Waals surface area contributed by atoms with Gasteiger partial charge in [-0.3, -0.25) is 4.79 Å². The quantitative estimate of drug-likeness (QED) is 0.784. The third kappa shape index (κ3) is 4.40. The van der Waals surface area contributed by atoms with E-state index in [0.29, 0.717) is 35.2 Å². The molecule has 2 aromatic rings. The molecule has 2 heterocycles. The topological polar surface area (TPSA) is 94.6 Å². The van der Waals surface area contributed by atoms with Crippen molar-refractivity contribution in [3.05, 3.63) is 36.2 Å². The minimum Gasteiger partial charge on any atom is -0.497 e. The number of hydrogen-bond acceptors (Lipinski definition) is 7. The zero-order valence-electron chi connectivity index (χ0n) is 14.8. The van der Waals surface area contributed by atoms with Crippen LogP contribution in [-0.4, -0.2) is 49.4 Å². The van der Waals surface area contributed by atoms with Gasteiger partial charge < -0.3 is 24.8 Å². The first kappa shape index (κ1) is 17.9. The lowest BCUT2D eigenvalue weighted by atomic mass is 10.2. The zero-order chi connectivity index (χ0) is 18.4. The van der Waals surface area contributed by atoms with E-state index in [4.69, 9.17) is 14.2 Å². The Kier molecular flexibility index (Phi) is 5.85. The number of benzene rings is 1. The molecule has 138 valence electrons. The molecule has 1 aromatic heterocycles. The summed E-state index contributed by atoms with van der Waals surface area (Å²) in [7, 11) is 3.10. The summed E-state index contributed by atoms with van der Waals surface area (Å²) in [4.78, 5) is 20.8. The summed E-state index contributed by atoms with van der Waals surface area (Å²) < 4.78 is 16.0. The van der Waals surface area contributed by atoms with E-state index in [1.807, 2.05) is 0 Å². The Balaban J connectivity index is 1.61. The molecule has 1 fully saturated rings. The molecule has 1 atom stereocenters. The van der Waals surface area contributed by atoms with Crippen molar-refractivity contribution in [2.45, 2.75) is 18.9 Å². The maximum absolute atomic E-state index is 12.4. The molecule has 0 saturated carbocycles. The number of nitrogens with one attached hydrogen (secondary N) is 2. The molecule has 1 aliphatic rings. The largest absolute Gasteiger partial charge is 0.497 e. The van der Waals surface area contributed by atoms with Crippen LogP contribution < -0.4 is 20.1 Å². The fraction of sp³-hybridized carbons (Fsp3) is 0.389. The molecule has 1 aliphatic heterocycles. The van der Waals surface area contributed by atoms with Crippen molar-refractivity contribution in [2.75, 3.05) is 38.0 Å². The molecule has 3 rings (SSSR count). The van der Waals surface area contributed by atoms with E-state index < -0.39 is 0 Å². The molecule has 2 N–H and O–H groups in total. The van der Waals surface area contributed by atoms with Crippen molar-refractivity contribution in [3.63, 3.8) is 0 Å². The van der Waals surface area contributed by atoms with Crippen molar-refractivity contribution in [3.8, 4) is 11.5 Å². The van der Waals surface area contributed by atoms with Gasteiger partial charge in [-0.05, 0) is 25.0 Å². The fourth-order valence-electron chi connectivity index (χ4n) is 2.64. The molecule has 1 saturated heterocycles. The number of nitrogens with zero attached hydrogens (tertiary/aromatic N) is 2. The summed E-state index contributed by atoms with van der Waals surface area (Å²) in [5.74, 6) is 1.30. The lowest BCUT2D eigenvalue weighted by molar-refractivity contribution is 0.102. The van der Waals surface area contributed by atoms with E-state index >= 15 is 0 Å². The molecule has 0 radical (unpaired) electrons. The van der Waals surface area contributed by atoms with Crippen LogP contribution in [0.15, 0.2) is 30.6 Å². The fourth-order valence-corrected chi connectivity index (χ4v) is 2.64. The molecule has 1 unspecified atom stereocenters. The van der Waals surface area contributed by atoms with Crippen LogP contribution in [-0.2, 0) is 4.74 Å². The minimum absolute atomic E-state index is 0.198. The molecule has 0 spiro atoms. The number of ether oxygens (including phenoxy) is 3. The first-order chi connectivity index (χ1) is 12.7. The van der Waals surface area contributed by atoms with Gasteiger partial charge in [0.25, 0.3) is 5.91 Å². The highest BCUT2D eigenvalue weighted by Gasteiger charge is 2.16. The molecule has 0 aliphatic carbocycles. The lowest BCUT2D eigenvalue weighted by Crippen LogP contribution is -2.20. The highest BCUT2D eigenvalue weighted by Crippen LogP contribution is 2.29. The smallest absolute Gasteiger partial charge is 0.258 e. The Bertz CT molecular complexity index is 745. The molecule has 8 nitrogen and oxygen atoms in total. The summed E-state index contributed by atoms with van der Waals surface area (Å²) >= 11 is 0. The Morgan fingerprint density at radius 3 is 2.73 bits per heavy atom. The van der Waals surface area contributed by atoms with E-state index in [2.05, 4.69) is 20.6 Å². The van der Waals surface area contributed by atoms with Crippen molar-refractivity contribution < 1.29 is 19.0 Å². The monoisotopic (exact) mass is 358 g/mol. The first-order valence-electron chi connectivity index (χ1n) is 8.40. The number of amides is 1. The van der Waals surface area contributed by atoms with Crippen LogP contribution in [0.4, 0.5) is 11.6 Å². The SMILES string of the molecule is COc1ccc(NC(=O)c2cnc(NCC3CCCO3)nc2)c(OC)c1. The zero-order valence-corrected chi connectivity index (χ0v) is 14.8. The first-order valence-corrected chi connectivity index (χ1v) is 8.40. The molecule has 8 heteroatoms. The Morgan fingerprint density at radius 2 is 2.08 bits per heavy atom. The average molecular weight is 358 g/mol. The Labute approximate surface area is 151 Å². The van der Waals surface area contributed by atoms with E-state index in [9.17, 15) is 4.79 Å². The van der Waals surface area contributed by atoms with Crippen LogP contribution in [0.25, 0.3) is 0 Å². The Morgan fingerprint density at radius 1 is 1.27 bits per heavy atom. The van der Waals surface area contributed by atoms with Crippen molar-refractivity contribution in [2.24, 2.45) is 0 Å². The number of carbonyl (C=O) groups excluding carboxylic acids is 1. The number of anilines is 2. The maximum Gasteiger partial charge on any atom is 0.258 e. The van der Waals surface area contributed by atoms with Crippen LogP contribution in [0.3, 0.4) is 0 Å². The predicted octanol–water partition coefficient (Wildman–Crippen LogP) is 2.34. The van der Waals surface area contributed by atoms with Gasteiger partial charge in [-0.15, -0.1) is 0 Å². The standard InChI is InChI=1S/C18H22N4O4/c1-24-13-5-6-15(16(8-13)25-2)22-17(23)12-9-19-18(20-10-12)21-11-14-4-3-7-26-14/h5-6,8-10,14H,3-4,7,11H2,1-2H3,(H,22,23)(H,19,20,21). The third-order valence-corrected chi connectivity index (χ3v) is 4.08. The van der Waals surface area contributed by atoms with Crippen LogP contribution in [0.1, 0.15) is 23.2 Å². The highest BCUT2D eigenvalue weighted by atomic mass is 16.5. The third-order valence-electron chi connectivity index (χ3n) is 4.08. The van der Waals surface area contributed by atoms with Gasteiger partial charge in [0, 0.05) is 31.6 Å². The second kappa shape index (κ2) is 8.48. The number of aromatic nitrogens is 2. The van der Waals surface area contributed by atoms with E-state index in [-0.39, 0.29) is 12.0 Å². The van der Waals surface area contributed by atoms with Gasteiger partial charge >= 0.3 is 0 Å². The number of methoxy groups -OCH3 is 2. The average Bonchev–Trinajstić information content (AvgIpc) is 3.20. The molecule has 1 amide bonds. The predicted molar refractivity (Wildman–Crippen MR) is 97.0 cm³/mol. The van der Waals surface area contributed by atoms with Gasteiger partial charge in [-0.1, -0.05) is 0 Å². The van der Waals surface area contributed by atoms with Gasteiger partial charge in [0.15, 0.2) is 0 Å². The van der Waals surface area contributed by atoms with Crippen LogP contribution >= 0.6 is 0 Å². The second-order valence-corrected chi connectivity index (χ2v) is 5.83. The molecular formula is C18H22N4O4. The number of hydrogen-bond donors (Lipinski definition) is 2. The van der Waals surface area contributed by atoms with Crippen LogP contribution in [0, 0.1) is 0 Å². The van der Waals surface area contributed by atoms with Gasteiger partial charge in [0.1, 0.15) is 11.5 Å². The van der Waals surface area contributed by atoms with Crippen molar-refractivity contribution in [1.29, 1.82) is 0 Å². The van der Waals surface area contributed by atoms with Gasteiger partial charge in [-0.25, -0.2) is 9.97 Å². The van der Waals surface area contributed by atoms with Crippen molar-refractivity contribution in [1.82, 2.24) is 9.97 Å². The number of carbonyl (C=O) groups is 1. The van der Waals surface area contributed by atoms with Crippen molar-refractivity contribution >= 4 is 17.5 Å².